The first-order valence-electron chi connectivity index (χ1n) is 9.30. The zero-order valence-corrected chi connectivity index (χ0v) is 15.5. The van der Waals surface area contributed by atoms with Crippen LogP contribution in [0.3, 0.4) is 0 Å². The van der Waals surface area contributed by atoms with Crippen molar-refractivity contribution in [1.29, 1.82) is 0 Å². The number of carbonyl (C=O) groups is 1. The Balaban J connectivity index is 1.49. The SMILES string of the molecule is CCOc1ccccc1N1CC[NH+](CC(=O)N[C@H](C)c2ccco2)CC1. The maximum absolute atomic E-state index is 12.3. The van der Waals surface area contributed by atoms with Gasteiger partial charge in [0, 0.05) is 0 Å². The van der Waals surface area contributed by atoms with Crippen molar-refractivity contribution in [2.45, 2.75) is 19.9 Å². The van der Waals surface area contributed by atoms with E-state index < -0.39 is 0 Å². The lowest BCUT2D eigenvalue weighted by atomic mass is 10.2. The van der Waals surface area contributed by atoms with E-state index in [1.54, 1.807) is 6.26 Å². The van der Waals surface area contributed by atoms with Gasteiger partial charge < -0.3 is 24.3 Å². The maximum atomic E-state index is 12.3. The Morgan fingerprint density at radius 3 is 2.73 bits per heavy atom. The summed E-state index contributed by atoms with van der Waals surface area (Å²) in [6.45, 7) is 8.80. The van der Waals surface area contributed by atoms with Crippen LogP contribution in [0.4, 0.5) is 5.69 Å². The highest BCUT2D eigenvalue weighted by Gasteiger charge is 2.24. The standard InChI is InChI=1S/C20H27N3O3/c1-3-25-19-8-5-4-7-17(19)23-12-10-22(11-13-23)15-20(24)21-16(2)18-9-6-14-26-18/h4-9,14,16H,3,10-13,15H2,1-2H3,(H,21,24)/p+1/t16-/m1/s1. The van der Waals surface area contributed by atoms with Crippen LogP contribution in [-0.2, 0) is 4.79 Å². The second kappa shape index (κ2) is 8.76. The lowest BCUT2D eigenvalue weighted by Crippen LogP contribution is -3.15. The van der Waals surface area contributed by atoms with E-state index in [4.69, 9.17) is 9.15 Å². The van der Waals surface area contributed by atoms with Crippen molar-refractivity contribution >= 4 is 11.6 Å². The molecule has 1 aromatic heterocycles. The molecule has 1 fully saturated rings. The third kappa shape index (κ3) is 4.58. The summed E-state index contributed by atoms with van der Waals surface area (Å²) in [5, 5.41) is 3.01. The molecule has 2 aromatic rings. The molecule has 6 nitrogen and oxygen atoms in total. The lowest BCUT2D eigenvalue weighted by molar-refractivity contribution is -0.892. The number of hydrogen-bond donors (Lipinski definition) is 2. The first-order chi connectivity index (χ1) is 12.7. The van der Waals surface area contributed by atoms with Crippen molar-refractivity contribution in [1.82, 2.24) is 5.32 Å². The number of ether oxygens (including phenoxy) is 1. The Morgan fingerprint density at radius 2 is 2.04 bits per heavy atom. The van der Waals surface area contributed by atoms with Gasteiger partial charge in [0.15, 0.2) is 6.54 Å². The second-order valence-electron chi connectivity index (χ2n) is 6.62. The second-order valence-corrected chi connectivity index (χ2v) is 6.62. The third-order valence-corrected chi connectivity index (χ3v) is 4.73. The molecular weight excluding hydrogens is 330 g/mol. The first kappa shape index (κ1) is 18.3. The fourth-order valence-corrected chi connectivity index (χ4v) is 3.36. The van der Waals surface area contributed by atoms with Crippen LogP contribution in [0.1, 0.15) is 25.6 Å². The molecule has 6 heteroatoms. The van der Waals surface area contributed by atoms with Gasteiger partial charge in [0.05, 0.1) is 50.8 Å². The maximum Gasteiger partial charge on any atom is 0.275 e. The van der Waals surface area contributed by atoms with Gasteiger partial charge in [-0.1, -0.05) is 12.1 Å². The Kier molecular flexibility index (Phi) is 6.17. The summed E-state index contributed by atoms with van der Waals surface area (Å²) in [5.74, 6) is 1.78. The van der Waals surface area contributed by atoms with Crippen LogP contribution in [-0.4, -0.2) is 45.2 Å². The Hall–Kier alpha value is -2.47. The smallest absolute Gasteiger partial charge is 0.275 e. The van der Waals surface area contributed by atoms with E-state index in [2.05, 4.69) is 16.3 Å². The molecule has 2 heterocycles. The van der Waals surface area contributed by atoms with E-state index in [9.17, 15) is 4.79 Å². The van der Waals surface area contributed by atoms with Crippen molar-refractivity contribution in [3.63, 3.8) is 0 Å². The van der Waals surface area contributed by atoms with Crippen LogP contribution in [0, 0.1) is 0 Å². The number of para-hydroxylation sites is 2. The zero-order valence-electron chi connectivity index (χ0n) is 15.5. The highest BCUT2D eigenvalue weighted by molar-refractivity contribution is 5.77. The fraction of sp³-hybridized carbons (Fsp3) is 0.450. The summed E-state index contributed by atoms with van der Waals surface area (Å²) < 4.78 is 11.1. The number of amides is 1. The van der Waals surface area contributed by atoms with E-state index in [-0.39, 0.29) is 11.9 Å². The van der Waals surface area contributed by atoms with Crippen LogP contribution in [0.5, 0.6) is 5.75 Å². The van der Waals surface area contributed by atoms with Gasteiger partial charge in [-0.15, -0.1) is 0 Å². The third-order valence-electron chi connectivity index (χ3n) is 4.73. The topological polar surface area (TPSA) is 59.2 Å². The molecule has 1 aromatic carbocycles. The summed E-state index contributed by atoms with van der Waals surface area (Å²) in [6.07, 6.45) is 1.63. The molecule has 2 N–H and O–H groups in total. The monoisotopic (exact) mass is 358 g/mol. The van der Waals surface area contributed by atoms with E-state index >= 15 is 0 Å². The van der Waals surface area contributed by atoms with Crippen LogP contribution in [0.25, 0.3) is 0 Å². The number of nitrogens with zero attached hydrogens (tertiary/aromatic N) is 1. The molecule has 0 unspecified atom stereocenters. The molecule has 3 rings (SSSR count). The highest BCUT2D eigenvalue weighted by atomic mass is 16.5. The number of nitrogens with one attached hydrogen (secondary N) is 2. The molecule has 0 spiro atoms. The van der Waals surface area contributed by atoms with E-state index in [1.165, 1.54) is 4.90 Å². The van der Waals surface area contributed by atoms with Gasteiger partial charge in [0.25, 0.3) is 5.91 Å². The number of quaternary nitrogens is 1. The van der Waals surface area contributed by atoms with E-state index in [0.717, 1.165) is 43.4 Å². The van der Waals surface area contributed by atoms with Gasteiger partial charge in [0.2, 0.25) is 0 Å². The number of hydrogen-bond acceptors (Lipinski definition) is 4. The van der Waals surface area contributed by atoms with Crippen LogP contribution < -0.4 is 19.9 Å². The quantitative estimate of drug-likeness (QED) is 0.782. The molecule has 0 saturated carbocycles. The summed E-state index contributed by atoms with van der Waals surface area (Å²) in [7, 11) is 0. The van der Waals surface area contributed by atoms with Crippen molar-refractivity contribution in [3.8, 4) is 5.75 Å². The Bertz CT molecular complexity index is 694. The molecular formula is C20H28N3O3+. The zero-order chi connectivity index (χ0) is 18.4. The molecule has 0 aliphatic carbocycles. The number of furan rings is 1. The Morgan fingerprint density at radius 1 is 1.27 bits per heavy atom. The minimum Gasteiger partial charge on any atom is -0.492 e. The number of carbonyl (C=O) groups excluding carboxylic acids is 1. The number of rotatable bonds is 7. The van der Waals surface area contributed by atoms with Crippen LogP contribution in [0.2, 0.25) is 0 Å². The first-order valence-corrected chi connectivity index (χ1v) is 9.30. The normalized spacial score (nSPS) is 16.3. The number of piperazine rings is 1. The average molecular weight is 358 g/mol. The number of benzene rings is 1. The van der Waals surface area contributed by atoms with Gasteiger partial charge in [-0.05, 0) is 38.1 Å². The predicted molar refractivity (Wildman–Crippen MR) is 101 cm³/mol. The Labute approximate surface area is 154 Å². The molecule has 1 amide bonds. The van der Waals surface area contributed by atoms with Crippen LogP contribution in [0.15, 0.2) is 47.1 Å². The summed E-state index contributed by atoms with van der Waals surface area (Å²) in [5.41, 5.74) is 1.14. The average Bonchev–Trinajstić information content (AvgIpc) is 3.18. The fourth-order valence-electron chi connectivity index (χ4n) is 3.36. The van der Waals surface area contributed by atoms with Crippen molar-refractivity contribution in [2.24, 2.45) is 0 Å². The van der Waals surface area contributed by atoms with Gasteiger partial charge in [-0.3, -0.25) is 4.79 Å². The van der Waals surface area contributed by atoms with Crippen molar-refractivity contribution in [3.05, 3.63) is 48.4 Å². The summed E-state index contributed by atoms with van der Waals surface area (Å²) >= 11 is 0. The van der Waals surface area contributed by atoms with Gasteiger partial charge >= 0.3 is 0 Å². The van der Waals surface area contributed by atoms with Gasteiger partial charge in [-0.25, -0.2) is 0 Å². The summed E-state index contributed by atoms with van der Waals surface area (Å²) in [4.78, 5) is 16.0. The highest BCUT2D eigenvalue weighted by Crippen LogP contribution is 2.27. The molecule has 1 atom stereocenters. The molecule has 0 bridgehead atoms. The van der Waals surface area contributed by atoms with Crippen LogP contribution >= 0.6 is 0 Å². The van der Waals surface area contributed by atoms with Gasteiger partial charge in [-0.2, -0.15) is 0 Å². The van der Waals surface area contributed by atoms with E-state index in [1.807, 2.05) is 44.2 Å². The minimum absolute atomic E-state index is 0.0621. The minimum atomic E-state index is -0.101. The summed E-state index contributed by atoms with van der Waals surface area (Å²) in [6, 6.07) is 11.8. The van der Waals surface area contributed by atoms with E-state index in [0.29, 0.717) is 13.2 Å². The molecule has 1 aliphatic heterocycles. The predicted octanol–water partition coefficient (Wildman–Crippen LogP) is 1.26. The lowest BCUT2D eigenvalue weighted by Gasteiger charge is -2.34. The molecule has 140 valence electrons. The molecule has 0 radical (unpaired) electrons. The molecule has 26 heavy (non-hydrogen) atoms. The number of anilines is 1. The van der Waals surface area contributed by atoms with Crippen molar-refractivity contribution in [2.75, 3.05) is 44.2 Å². The largest absolute Gasteiger partial charge is 0.492 e. The molecule has 1 aliphatic rings. The van der Waals surface area contributed by atoms with Crippen molar-refractivity contribution < 1.29 is 18.8 Å². The van der Waals surface area contributed by atoms with Gasteiger partial charge in [0.1, 0.15) is 11.5 Å². The molecule has 1 saturated heterocycles.